The van der Waals surface area contributed by atoms with Crippen molar-refractivity contribution >= 4 is 5.82 Å². The molecule has 1 aromatic heterocycles. The van der Waals surface area contributed by atoms with E-state index in [1.54, 1.807) is 6.33 Å². The van der Waals surface area contributed by atoms with E-state index in [0.29, 0.717) is 0 Å². The third-order valence-electron chi connectivity index (χ3n) is 4.42. The van der Waals surface area contributed by atoms with E-state index in [9.17, 15) is 0 Å². The van der Waals surface area contributed by atoms with Gasteiger partial charge in [0.25, 0.3) is 0 Å². The van der Waals surface area contributed by atoms with Crippen LogP contribution < -0.4 is 5.32 Å². The summed E-state index contributed by atoms with van der Waals surface area (Å²) in [5.41, 5.74) is 2.55. The van der Waals surface area contributed by atoms with E-state index in [4.69, 9.17) is 4.74 Å². The Morgan fingerprint density at radius 3 is 2.94 bits per heavy atom. The Labute approximate surface area is 108 Å². The van der Waals surface area contributed by atoms with Gasteiger partial charge in [0, 0.05) is 17.9 Å². The molecule has 3 rings (SSSR count). The summed E-state index contributed by atoms with van der Waals surface area (Å²) in [7, 11) is 0. The normalized spacial score (nSPS) is 31.1. The number of hydrogen-bond acceptors (Lipinski definition) is 4. The number of aromatic nitrogens is 2. The van der Waals surface area contributed by atoms with Crippen molar-refractivity contribution in [3.8, 4) is 0 Å². The zero-order valence-electron chi connectivity index (χ0n) is 11.2. The first kappa shape index (κ1) is 11.9. The largest absolute Gasteiger partial charge is 0.376 e. The molecule has 0 amide bonds. The quantitative estimate of drug-likeness (QED) is 0.871. The van der Waals surface area contributed by atoms with Gasteiger partial charge in [0.1, 0.15) is 12.1 Å². The second-order valence-electron chi connectivity index (χ2n) is 5.66. The van der Waals surface area contributed by atoms with Crippen molar-refractivity contribution in [2.45, 2.75) is 57.6 Å². The van der Waals surface area contributed by atoms with E-state index < -0.39 is 0 Å². The number of anilines is 1. The van der Waals surface area contributed by atoms with Crippen LogP contribution in [0.25, 0.3) is 0 Å². The third kappa shape index (κ3) is 1.99. The van der Waals surface area contributed by atoms with Crippen LogP contribution in [0.5, 0.6) is 0 Å². The summed E-state index contributed by atoms with van der Waals surface area (Å²) in [5, 5.41) is 3.62. The summed E-state index contributed by atoms with van der Waals surface area (Å²) < 4.78 is 5.68. The molecule has 1 fully saturated rings. The standard InChI is InChI=1S/C14H21N3O/c1-10-14(2,7-8-18-10)17-13-11-5-3-4-6-12(11)15-9-16-13/h9-10H,3-8H2,1-2H3,(H,15,16,17). The molecule has 1 aliphatic carbocycles. The van der Waals surface area contributed by atoms with Gasteiger partial charge in [0.15, 0.2) is 0 Å². The van der Waals surface area contributed by atoms with Crippen LogP contribution >= 0.6 is 0 Å². The van der Waals surface area contributed by atoms with Crippen molar-refractivity contribution in [3.05, 3.63) is 17.6 Å². The lowest BCUT2D eigenvalue weighted by Gasteiger charge is -2.31. The second kappa shape index (κ2) is 4.50. The number of nitrogens with one attached hydrogen (secondary N) is 1. The first-order valence-electron chi connectivity index (χ1n) is 6.91. The summed E-state index contributed by atoms with van der Waals surface area (Å²) in [4.78, 5) is 8.87. The Kier molecular flexibility index (Phi) is 2.98. The minimum atomic E-state index is -0.000426. The maximum absolute atomic E-state index is 5.68. The van der Waals surface area contributed by atoms with E-state index in [1.165, 1.54) is 24.1 Å². The van der Waals surface area contributed by atoms with Gasteiger partial charge < -0.3 is 10.1 Å². The lowest BCUT2D eigenvalue weighted by atomic mass is 9.92. The molecule has 2 unspecified atom stereocenters. The van der Waals surface area contributed by atoms with E-state index in [2.05, 4.69) is 29.1 Å². The highest BCUT2D eigenvalue weighted by molar-refractivity contribution is 5.49. The molecule has 1 N–H and O–H groups in total. The highest BCUT2D eigenvalue weighted by Crippen LogP contribution is 2.32. The molecule has 1 aromatic rings. The first-order chi connectivity index (χ1) is 8.69. The molecule has 0 saturated carbocycles. The minimum absolute atomic E-state index is 0.000426. The Bertz CT molecular complexity index is 449. The van der Waals surface area contributed by atoms with Gasteiger partial charge in [-0.3, -0.25) is 0 Å². The summed E-state index contributed by atoms with van der Waals surface area (Å²) in [6.45, 7) is 5.19. The molecule has 0 bridgehead atoms. The Morgan fingerprint density at radius 1 is 1.33 bits per heavy atom. The van der Waals surface area contributed by atoms with Crippen molar-refractivity contribution in [2.24, 2.45) is 0 Å². The molecule has 0 aromatic carbocycles. The van der Waals surface area contributed by atoms with Gasteiger partial charge in [-0.1, -0.05) is 0 Å². The Hall–Kier alpha value is -1.16. The van der Waals surface area contributed by atoms with Gasteiger partial charge in [0.2, 0.25) is 0 Å². The number of aryl methyl sites for hydroxylation is 1. The molecule has 98 valence electrons. The molecule has 4 nitrogen and oxygen atoms in total. The van der Waals surface area contributed by atoms with Crippen LogP contribution in [0.4, 0.5) is 5.82 Å². The number of ether oxygens (including phenoxy) is 1. The highest BCUT2D eigenvalue weighted by atomic mass is 16.5. The van der Waals surface area contributed by atoms with Crippen LogP contribution in [-0.4, -0.2) is 28.2 Å². The van der Waals surface area contributed by atoms with Crippen LogP contribution in [0.3, 0.4) is 0 Å². The predicted octanol–water partition coefficient (Wildman–Crippen LogP) is 2.33. The lowest BCUT2D eigenvalue weighted by Crippen LogP contribution is -2.42. The fraction of sp³-hybridized carbons (Fsp3) is 0.714. The maximum atomic E-state index is 5.68. The van der Waals surface area contributed by atoms with Crippen molar-refractivity contribution < 1.29 is 4.74 Å². The van der Waals surface area contributed by atoms with Crippen LogP contribution in [0.1, 0.15) is 44.4 Å². The van der Waals surface area contributed by atoms with Crippen LogP contribution in [0.2, 0.25) is 0 Å². The molecule has 4 heteroatoms. The van der Waals surface area contributed by atoms with E-state index in [0.717, 1.165) is 31.7 Å². The van der Waals surface area contributed by atoms with Crippen molar-refractivity contribution in [3.63, 3.8) is 0 Å². The Balaban J connectivity index is 1.89. The zero-order valence-corrected chi connectivity index (χ0v) is 11.2. The zero-order chi connectivity index (χ0) is 12.6. The molecule has 0 spiro atoms. The van der Waals surface area contributed by atoms with Gasteiger partial charge in [-0.05, 0) is 46.0 Å². The Morgan fingerprint density at radius 2 is 2.17 bits per heavy atom. The van der Waals surface area contributed by atoms with Gasteiger partial charge >= 0.3 is 0 Å². The monoisotopic (exact) mass is 247 g/mol. The average molecular weight is 247 g/mol. The smallest absolute Gasteiger partial charge is 0.133 e. The predicted molar refractivity (Wildman–Crippen MR) is 70.7 cm³/mol. The van der Waals surface area contributed by atoms with E-state index >= 15 is 0 Å². The minimum Gasteiger partial charge on any atom is -0.376 e. The van der Waals surface area contributed by atoms with Gasteiger partial charge in [-0.25, -0.2) is 9.97 Å². The fourth-order valence-electron chi connectivity index (χ4n) is 2.90. The van der Waals surface area contributed by atoms with Crippen LogP contribution in [-0.2, 0) is 17.6 Å². The fourth-order valence-corrected chi connectivity index (χ4v) is 2.90. The molecule has 1 aliphatic heterocycles. The van der Waals surface area contributed by atoms with Gasteiger partial charge in [0.05, 0.1) is 11.6 Å². The summed E-state index contributed by atoms with van der Waals surface area (Å²) in [6, 6.07) is 0. The topological polar surface area (TPSA) is 47.0 Å². The summed E-state index contributed by atoms with van der Waals surface area (Å²) in [5.74, 6) is 1.03. The molecule has 2 aliphatic rings. The van der Waals surface area contributed by atoms with Gasteiger partial charge in [-0.2, -0.15) is 0 Å². The highest BCUT2D eigenvalue weighted by Gasteiger charge is 2.37. The molecule has 2 heterocycles. The molecule has 2 atom stereocenters. The third-order valence-corrected chi connectivity index (χ3v) is 4.42. The molecular formula is C14H21N3O. The molecule has 1 saturated heterocycles. The number of nitrogens with zero attached hydrogens (tertiary/aromatic N) is 2. The molecule has 18 heavy (non-hydrogen) atoms. The van der Waals surface area contributed by atoms with Crippen molar-refractivity contribution in [1.29, 1.82) is 0 Å². The number of hydrogen-bond donors (Lipinski definition) is 1. The summed E-state index contributed by atoms with van der Waals surface area (Å²) in [6.07, 6.45) is 7.65. The average Bonchev–Trinajstić information content (AvgIpc) is 2.70. The van der Waals surface area contributed by atoms with E-state index in [-0.39, 0.29) is 11.6 Å². The number of rotatable bonds is 2. The van der Waals surface area contributed by atoms with Crippen molar-refractivity contribution in [1.82, 2.24) is 9.97 Å². The van der Waals surface area contributed by atoms with Crippen LogP contribution in [0.15, 0.2) is 6.33 Å². The summed E-state index contributed by atoms with van der Waals surface area (Å²) >= 11 is 0. The van der Waals surface area contributed by atoms with Gasteiger partial charge in [-0.15, -0.1) is 0 Å². The lowest BCUT2D eigenvalue weighted by molar-refractivity contribution is 0.105. The molecule has 0 radical (unpaired) electrons. The maximum Gasteiger partial charge on any atom is 0.133 e. The van der Waals surface area contributed by atoms with E-state index in [1.807, 2.05) is 0 Å². The SMILES string of the molecule is CC1OCCC1(C)Nc1ncnc2c1CCCC2. The second-order valence-corrected chi connectivity index (χ2v) is 5.66. The van der Waals surface area contributed by atoms with Crippen LogP contribution in [0, 0.1) is 0 Å². The number of fused-ring (bicyclic) bond motifs is 1. The first-order valence-corrected chi connectivity index (χ1v) is 6.91. The molecular weight excluding hydrogens is 226 g/mol. The van der Waals surface area contributed by atoms with Crippen molar-refractivity contribution in [2.75, 3.05) is 11.9 Å².